The van der Waals surface area contributed by atoms with Gasteiger partial charge in [0.2, 0.25) is 0 Å². The average Bonchev–Trinajstić information content (AvgIpc) is 2.53. The van der Waals surface area contributed by atoms with Gasteiger partial charge in [0.1, 0.15) is 5.75 Å². The molecule has 2 rings (SSSR count). The van der Waals surface area contributed by atoms with E-state index in [0.717, 1.165) is 5.69 Å². The molecule has 0 bridgehead atoms. The van der Waals surface area contributed by atoms with E-state index < -0.39 is 0 Å². The molecule has 1 aromatic heterocycles. The molecular formula is C8H7CsN3OP. The number of nitrogens with zero attached hydrogens (tertiary/aromatic N) is 3. The summed E-state index contributed by atoms with van der Waals surface area (Å²) in [7, 11) is 3.25. The van der Waals surface area contributed by atoms with E-state index in [1.165, 1.54) is 0 Å². The van der Waals surface area contributed by atoms with Gasteiger partial charge < -0.3 is 14.3 Å². The fourth-order valence-electron chi connectivity index (χ4n) is 0.995. The summed E-state index contributed by atoms with van der Waals surface area (Å²) in [6, 6.07) is 6.72. The Kier molecular flexibility index (Phi) is 5.13. The van der Waals surface area contributed by atoms with E-state index in [0.29, 0.717) is 5.44 Å². The van der Waals surface area contributed by atoms with Gasteiger partial charge in [-0.1, -0.05) is 10.6 Å². The van der Waals surface area contributed by atoms with Crippen LogP contribution in [-0.4, -0.2) is 20.1 Å². The van der Waals surface area contributed by atoms with Crippen LogP contribution in [-0.2, 0) is 0 Å². The van der Waals surface area contributed by atoms with E-state index in [2.05, 4.69) is 19.6 Å². The summed E-state index contributed by atoms with van der Waals surface area (Å²) in [5.74, 6) is 0.238. The number of phenols is 1. The van der Waals surface area contributed by atoms with Gasteiger partial charge in [-0.25, -0.2) is 4.68 Å². The first kappa shape index (κ1) is 12.7. The second kappa shape index (κ2) is 5.65. The Hall–Kier alpha value is 0.642. The van der Waals surface area contributed by atoms with Gasteiger partial charge in [0, 0.05) is 6.20 Å². The van der Waals surface area contributed by atoms with Gasteiger partial charge in [-0.2, -0.15) is 5.10 Å². The molecule has 66 valence electrons. The zero-order valence-electron chi connectivity index (χ0n) is 7.68. The van der Waals surface area contributed by atoms with E-state index in [1.807, 2.05) is 0 Å². The molecule has 6 heteroatoms. The number of aromatic nitrogens is 3. The van der Waals surface area contributed by atoms with Crippen molar-refractivity contribution in [1.82, 2.24) is 15.0 Å². The zero-order chi connectivity index (χ0) is 9.26. The summed E-state index contributed by atoms with van der Waals surface area (Å²) in [4.78, 5) is 0. The van der Waals surface area contributed by atoms with Crippen LogP contribution in [0.3, 0.4) is 0 Å². The first-order chi connectivity index (χ1) is 6.25. The molecule has 0 saturated carbocycles. The van der Waals surface area contributed by atoms with Gasteiger partial charge in [-0.3, -0.25) is 0 Å². The Morgan fingerprint density at radius 1 is 1.21 bits per heavy atom. The Morgan fingerprint density at radius 2 is 1.86 bits per heavy atom. The smallest absolute Gasteiger partial charge is 0.508 e. The molecule has 0 fully saturated rings. The van der Waals surface area contributed by atoms with Crippen molar-refractivity contribution in [2.24, 2.45) is 0 Å². The maximum absolute atomic E-state index is 9.05. The molecule has 0 unspecified atom stereocenters. The van der Waals surface area contributed by atoms with Gasteiger partial charge in [0.05, 0.1) is 5.69 Å². The SMILES string of the molecule is Oc1ccc(-n2cc([PH-])nn2)cc1.[Cs+]. The number of aromatic hydroxyl groups is 1. The standard InChI is InChI=1S/C8H7N3OP.Cs/c12-7-3-1-6(2-4-7)11-5-8(13)9-10-11;/h1-5,12-13H;/q-1;+1. The van der Waals surface area contributed by atoms with Gasteiger partial charge >= 0.3 is 68.9 Å². The van der Waals surface area contributed by atoms with Crippen LogP contribution < -0.4 is 74.3 Å². The minimum atomic E-state index is 0. The van der Waals surface area contributed by atoms with Crippen molar-refractivity contribution in [3.63, 3.8) is 0 Å². The molecule has 1 heterocycles. The first-order valence-corrected chi connectivity index (χ1v) is 4.19. The van der Waals surface area contributed by atoms with Crippen molar-refractivity contribution < 1.29 is 74.0 Å². The predicted octanol–water partition coefficient (Wildman–Crippen LogP) is -2.25. The van der Waals surface area contributed by atoms with E-state index >= 15 is 0 Å². The molecule has 0 amide bonds. The molecule has 1 aromatic carbocycles. The van der Waals surface area contributed by atoms with Gasteiger partial charge in [-0.05, 0) is 24.3 Å². The molecule has 4 nitrogen and oxygen atoms in total. The predicted molar refractivity (Wildman–Crippen MR) is 51.0 cm³/mol. The monoisotopic (exact) mass is 325 g/mol. The third-order valence-electron chi connectivity index (χ3n) is 1.61. The van der Waals surface area contributed by atoms with Crippen LogP contribution in [0.4, 0.5) is 0 Å². The average molecular weight is 325 g/mol. The van der Waals surface area contributed by atoms with Crippen LogP contribution in [0.15, 0.2) is 30.5 Å². The number of benzene rings is 1. The topological polar surface area (TPSA) is 50.9 Å². The van der Waals surface area contributed by atoms with Crippen molar-refractivity contribution in [1.29, 1.82) is 0 Å². The third-order valence-corrected chi connectivity index (χ3v) is 1.84. The first-order valence-electron chi connectivity index (χ1n) is 3.69. The largest absolute Gasteiger partial charge is 1.00 e. The summed E-state index contributed by atoms with van der Waals surface area (Å²) in [5, 5.41) is 16.7. The van der Waals surface area contributed by atoms with Gasteiger partial charge in [0.25, 0.3) is 0 Å². The van der Waals surface area contributed by atoms with Crippen molar-refractivity contribution in [2.45, 2.75) is 0 Å². The number of hydrogen-bond donors (Lipinski definition) is 1. The summed E-state index contributed by atoms with van der Waals surface area (Å²) in [6.07, 6.45) is 1.74. The molecular weight excluding hydrogens is 318 g/mol. The molecule has 0 radical (unpaired) electrons. The number of hydrogen-bond acceptors (Lipinski definition) is 3. The Labute approximate surface area is 143 Å². The molecule has 0 atom stereocenters. The van der Waals surface area contributed by atoms with Crippen LogP contribution in [0, 0.1) is 0 Å². The minimum Gasteiger partial charge on any atom is -0.508 e. The molecule has 0 saturated heterocycles. The maximum Gasteiger partial charge on any atom is 1.00 e. The van der Waals surface area contributed by atoms with Crippen LogP contribution >= 0.6 is 9.24 Å². The molecule has 0 aliphatic carbocycles. The normalized spacial score (nSPS) is 9.50. The fraction of sp³-hybridized carbons (Fsp3) is 0. The maximum atomic E-state index is 9.05. The quantitative estimate of drug-likeness (QED) is 0.603. The Bertz CT molecular complexity index is 415. The number of rotatable bonds is 1. The Morgan fingerprint density at radius 3 is 2.36 bits per heavy atom. The van der Waals surface area contributed by atoms with Crippen LogP contribution in [0.2, 0.25) is 0 Å². The second-order valence-electron chi connectivity index (χ2n) is 2.56. The summed E-state index contributed by atoms with van der Waals surface area (Å²) in [6.45, 7) is 0. The van der Waals surface area contributed by atoms with Crippen molar-refractivity contribution in [3.05, 3.63) is 30.5 Å². The zero-order valence-corrected chi connectivity index (χ0v) is 15.0. The summed E-state index contributed by atoms with van der Waals surface area (Å²) < 4.78 is 1.61. The van der Waals surface area contributed by atoms with Crippen molar-refractivity contribution in [3.8, 4) is 11.4 Å². The number of phenolic OH excluding ortho intramolecular Hbond substituents is 1. The molecule has 0 aliphatic heterocycles. The fourth-order valence-corrected chi connectivity index (χ4v) is 1.16. The summed E-state index contributed by atoms with van der Waals surface area (Å²) >= 11 is 0. The van der Waals surface area contributed by atoms with Crippen molar-refractivity contribution >= 4 is 14.7 Å². The van der Waals surface area contributed by atoms with Gasteiger partial charge in [0.15, 0.2) is 0 Å². The Balaban J connectivity index is 0.000000980. The summed E-state index contributed by atoms with van der Waals surface area (Å²) in [5.41, 5.74) is 1.53. The van der Waals surface area contributed by atoms with Crippen molar-refractivity contribution in [2.75, 3.05) is 0 Å². The van der Waals surface area contributed by atoms with E-state index in [9.17, 15) is 0 Å². The molecule has 2 aromatic rings. The van der Waals surface area contributed by atoms with Crippen LogP contribution in [0.5, 0.6) is 5.75 Å². The second-order valence-corrected chi connectivity index (χ2v) is 3.08. The molecule has 0 aliphatic rings. The van der Waals surface area contributed by atoms with Crippen LogP contribution in [0.25, 0.3) is 5.69 Å². The van der Waals surface area contributed by atoms with E-state index in [-0.39, 0.29) is 74.6 Å². The molecule has 1 N–H and O–H groups in total. The van der Waals surface area contributed by atoms with E-state index in [1.54, 1.807) is 35.1 Å². The van der Waals surface area contributed by atoms with Gasteiger partial charge in [-0.15, -0.1) is 0 Å². The van der Waals surface area contributed by atoms with E-state index in [4.69, 9.17) is 5.11 Å². The molecule has 14 heavy (non-hydrogen) atoms. The van der Waals surface area contributed by atoms with Crippen LogP contribution in [0.1, 0.15) is 0 Å². The third kappa shape index (κ3) is 3.07. The molecule has 0 spiro atoms. The minimum absolute atomic E-state index is 0.